The molecule has 0 saturated heterocycles. The molecular weight excluding hydrogens is 298 g/mol. The maximum atomic E-state index is 5.02. The van der Waals surface area contributed by atoms with Gasteiger partial charge in [0.15, 0.2) is 0 Å². The first-order valence-corrected chi connectivity index (χ1v) is 12.8. The van der Waals surface area contributed by atoms with Crippen molar-refractivity contribution in [2.24, 2.45) is 0 Å². The van der Waals surface area contributed by atoms with Crippen molar-refractivity contribution in [1.82, 2.24) is 0 Å². The molecule has 0 aliphatic heterocycles. The number of allylic oxidation sites excluding steroid dienone is 4. The Morgan fingerprint density at radius 3 is 1.30 bits per heavy atom. The van der Waals surface area contributed by atoms with E-state index in [1.165, 1.54) is 0 Å². The summed E-state index contributed by atoms with van der Waals surface area (Å²) >= 11 is -3.13. The fourth-order valence-corrected chi connectivity index (χ4v) is 0.393. The number of rotatable bonds is 0. The SMILES string of the molecule is C1=CCC=C1.[Cl][Mo]([Cl])([Cl])[Cl]. The molecule has 0 fully saturated rings. The molecule has 0 aromatic heterocycles. The normalized spacial score (nSPS) is 16.4. The molecule has 0 atom stereocenters. The van der Waals surface area contributed by atoms with Gasteiger partial charge < -0.3 is 0 Å². The van der Waals surface area contributed by atoms with E-state index >= 15 is 0 Å². The van der Waals surface area contributed by atoms with Crippen LogP contribution in [0.1, 0.15) is 6.42 Å². The van der Waals surface area contributed by atoms with E-state index in [0.29, 0.717) is 0 Å². The summed E-state index contributed by atoms with van der Waals surface area (Å²) in [5, 5.41) is 0. The van der Waals surface area contributed by atoms with Crippen LogP contribution in [-0.4, -0.2) is 0 Å². The van der Waals surface area contributed by atoms with Crippen LogP contribution in [0.3, 0.4) is 0 Å². The Kier molecular flexibility index (Phi) is 6.70. The van der Waals surface area contributed by atoms with Crippen LogP contribution in [0.2, 0.25) is 0 Å². The molecule has 1 rings (SSSR count). The summed E-state index contributed by atoms with van der Waals surface area (Å²) in [7, 11) is 20.1. The minimum atomic E-state index is -3.13. The third-order valence-corrected chi connectivity index (χ3v) is 0.655. The van der Waals surface area contributed by atoms with Gasteiger partial charge in [-0.15, -0.1) is 0 Å². The number of hydrogen-bond donors (Lipinski definition) is 0. The monoisotopic (exact) mass is 304 g/mol. The molecule has 0 bridgehead atoms. The minimum absolute atomic E-state index is 1.14. The summed E-state index contributed by atoms with van der Waals surface area (Å²) in [6.07, 6.45) is 9.50. The Morgan fingerprint density at radius 1 is 0.900 bits per heavy atom. The molecule has 0 N–H and O–H groups in total. The molecule has 1 aliphatic rings. The third kappa shape index (κ3) is 16.2. The third-order valence-electron chi connectivity index (χ3n) is 0.655. The van der Waals surface area contributed by atoms with Gasteiger partial charge in [0.1, 0.15) is 0 Å². The molecule has 0 aromatic rings. The molecule has 0 aromatic carbocycles. The van der Waals surface area contributed by atoms with E-state index in [9.17, 15) is 0 Å². The van der Waals surface area contributed by atoms with Crippen LogP contribution in [0.5, 0.6) is 0 Å². The van der Waals surface area contributed by atoms with Crippen molar-refractivity contribution in [2.45, 2.75) is 6.42 Å². The van der Waals surface area contributed by atoms with Gasteiger partial charge in [-0.3, -0.25) is 0 Å². The fourth-order valence-electron chi connectivity index (χ4n) is 0.393. The topological polar surface area (TPSA) is 0 Å². The van der Waals surface area contributed by atoms with Crippen LogP contribution in [0.15, 0.2) is 24.3 Å². The second-order valence-corrected chi connectivity index (χ2v) is 19.7. The molecule has 0 saturated carbocycles. The van der Waals surface area contributed by atoms with Gasteiger partial charge in [-0.2, -0.15) is 0 Å². The molecule has 1 aliphatic carbocycles. The summed E-state index contributed by atoms with van der Waals surface area (Å²) in [6.45, 7) is 0. The number of hydrogen-bond acceptors (Lipinski definition) is 0. The first kappa shape index (κ1) is 11.3. The van der Waals surface area contributed by atoms with Gasteiger partial charge in [0.25, 0.3) is 0 Å². The van der Waals surface area contributed by atoms with Crippen molar-refractivity contribution in [3.8, 4) is 0 Å². The van der Waals surface area contributed by atoms with E-state index in [2.05, 4.69) is 24.3 Å². The first-order valence-electron chi connectivity index (χ1n) is 2.43. The number of halogens is 4. The van der Waals surface area contributed by atoms with Crippen molar-refractivity contribution < 1.29 is 11.9 Å². The molecule has 0 unspecified atom stereocenters. The van der Waals surface area contributed by atoms with E-state index in [-0.39, 0.29) is 0 Å². The second kappa shape index (κ2) is 5.91. The molecule has 0 heterocycles. The molecular formula is C5H6Cl4Mo. The zero-order valence-electron chi connectivity index (χ0n) is 4.94. The average molecular weight is 304 g/mol. The van der Waals surface area contributed by atoms with Crippen LogP contribution in [0, 0.1) is 0 Å². The van der Waals surface area contributed by atoms with Gasteiger partial charge in [0, 0.05) is 0 Å². The standard InChI is InChI=1S/C5H6.4ClH.Mo/c1-2-4-5-3-1;;;;;/h1-4H,5H2;4*1H;/q;;;;;+4/p-4. The van der Waals surface area contributed by atoms with Gasteiger partial charge >= 0.3 is 49.6 Å². The van der Waals surface area contributed by atoms with Crippen molar-refractivity contribution in [1.29, 1.82) is 0 Å². The Labute approximate surface area is 79.7 Å². The summed E-state index contributed by atoms with van der Waals surface area (Å²) < 4.78 is 0. The maximum absolute atomic E-state index is 5.02. The van der Waals surface area contributed by atoms with Gasteiger partial charge in [-0.1, -0.05) is 24.3 Å². The molecule has 0 amide bonds. The summed E-state index contributed by atoms with van der Waals surface area (Å²) in [5.74, 6) is 0. The summed E-state index contributed by atoms with van der Waals surface area (Å²) in [4.78, 5) is 0. The molecule has 60 valence electrons. The van der Waals surface area contributed by atoms with Crippen LogP contribution < -0.4 is 0 Å². The zero-order valence-corrected chi connectivity index (χ0v) is 9.97. The quantitative estimate of drug-likeness (QED) is 0.587. The Morgan fingerprint density at radius 2 is 1.20 bits per heavy atom. The molecule has 10 heavy (non-hydrogen) atoms. The van der Waals surface area contributed by atoms with Gasteiger partial charge in [-0.25, -0.2) is 0 Å². The summed E-state index contributed by atoms with van der Waals surface area (Å²) in [5.41, 5.74) is 0. The van der Waals surface area contributed by atoms with E-state index in [4.69, 9.17) is 37.7 Å². The van der Waals surface area contributed by atoms with Crippen molar-refractivity contribution in [2.75, 3.05) is 0 Å². The van der Waals surface area contributed by atoms with Gasteiger partial charge in [0.2, 0.25) is 0 Å². The molecule has 0 spiro atoms. The van der Waals surface area contributed by atoms with E-state index < -0.39 is 11.9 Å². The van der Waals surface area contributed by atoms with Gasteiger partial charge in [-0.05, 0) is 6.42 Å². The average Bonchev–Trinajstić information content (AvgIpc) is 2.07. The zero-order chi connectivity index (χ0) is 8.04. The van der Waals surface area contributed by atoms with Crippen LogP contribution >= 0.6 is 37.7 Å². The van der Waals surface area contributed by atoms with Crippen molar-refractivity contribution in [3.63, 3.8) is 0 Å². The molecule has 0 radical (unpaired) electrons. The Balaban J connectivity index is 0.000000162. The molecule has 5 heteroatoms. The van der Waals surface area contributed by atoms with E-state index in [0.717, 1.165) is 6.42 Å². The van der Waals surface area contributed by atoms with E-state index in [1.807, 2.05) is 0 Å². The van der Waals surface area contributed by atoms with Crippen molar-refractivity contribution >= 4 is 37.7 Å². The Bertz CT molecular complexity index is 119. The first-order chi connectivity index (χ1) is 4.50. The van der Waals surface area contributed by atoms with Crippen LogP contribution in [-0.2, 0) is 11.9 Å². The second-order valence-electron chi connectivity index (χ2n) is 1.44. The molecule has 0 nitrogen and oxygen atoms in total. The Hall–Kier alpha value is 1.33. The predicted molar refractivity (Wildman–Crippen MR) is 46.3 cm³/mol. The predicted octanol–water partition coefficient (Wildman–Crippen LogP) is 4.26. The van der Waals surface area contributed by atoms with Crippen LogP contribution in [0.4, 0.5) is 0 Å². The van der Waals surface area contributed by atoms with Crippen LogP contribution in [0.25, 0.3) is 0 Å². The van der Waals surface area contributed by atoms with Crippen molar-refractivity contribution in [3.05, 3.63) is 24.3 Å². The fraction of sp³-hybridized carbons (Fsp3) is 0.200. The van der Waals surface area contributed by atoms with Gasteiger partial charge in [0.05, 0.1) is 0 Å². The van der Waals surface area contributed by atoms with E-state index in [1.54, 1.807) is 0 Å². The summed E-state index contributed by atoms with van der Waals surface area (Å²) in [6, 6.07) is 0.